The number of amides is 2. The minimum atomic E-state index is -0.996. The van der Waals surface area contributed by atoms with Gasteiger partial charge in [0.05, 0.1) is 25.8 Å². The van der Waals surface area contributed by atoms with Gasteiger partial charge in [-0.3, -0.25) is 4.79 Å². The Balaban J connectivity index is 1.79. The molecule has 1 aromatic heterocycles. The second kappa shape index (κ2) is 9.33. The Labute approximate surface area is 177 Å². The zero-order valence-electron chi connectivity index (χ0n) is 16.6. The summed E-state index contributed by atoms with van der Waals surface area (Å²) in [6.07, 6.45) is 2.44. The molecule has 0 radical (unpaired) electrons. The summed E-state index contributed by atoms with van der Waals surface area (Å²) in [5.74, 6) is 0.718. The van der Waals surface area contributed by atoms with Crippen LogP contribution >= 0.6 is 11.3 Å². The van der Waals surface area contributed by atoms with Crippen LogP contribution in [0.15, 0.2) is 24.3 Å². The molecule has 2 heterocycles. The predicted molar refractivity (Wildman–Crippen MR) is 113 cm³/mol. The SMILES string of the molecule is CCOc1c(C=CC(=O)Nc2sc3c(c2C#N)CCN(C(=O)O)C3)cccc1OC. The van der Waals surface area contributed by atoms with E-state index >= 15 is 0 Å². The first-order valence-corrected chi connectivity index (χ1v) is 10.1. The Morgan fingerprint density at radius 3 is 2.90 bits per heavy atom. The Morgan fingerprint density at radius 2 is 2.23 bits per heavy atom. The summed E-state index contributed by atoms with van der Waals surface area (Å²) in [6.45, 7) is 2.86. The molecule has 2 N–H and O–H groups in total. The van der Waals surface area contributed by atoms with Crippen molar-refractivity contribution >= 4 is 34.4 Å². The maximum Gasteiger partial charge on any atom is 0.407 e. The van der Waals surface area contributed by atoms with E-state index in [4.69, 9.17) is 9.47 Å². The van der Waals surface area contributed by atoms with Crippen molar-refractivity contribution in [2.24, 2.45) is 0 Å². The molecule has 0 saturated heterocycles. The van der Waals surface area contributed by atoms with Crippen LogP contribution in [0.25, 0.3) is 6.08 Å². The van der Waals surface area contributed by atoms with Crippen molar-refractivity contribution in [3.63, 3.8) is 0 Å². The van der Waals surface area contributed by atoms with Gasteiger partial charge in [-0.15, -0.1) is 11.3 Å². The molecule has 0 unspecified atom stereocenters. The van der Waals surface area contributed by atoms with Gasteiger partial charge >= 0.3 is 6.09 Å². The molecule has 0 spiro atoms. The zero-order valence-corrected chi connectivity index (χ0v) is 17.4. The number of carbonyl (C=O) groups is 2. The van der Waals surface area contributed by atoms with Gasteiger partial charge in [-0.2, -0.15) is 5.26 Å². The second-order valence-corrected chi connectivity index (χ2v) is 7.51. The van der Waals surface area contributed by atoms with Gasteiger partial charge in [-0.25, -0.2) is 4.79 Å². The summed E-state index contributed by atoms with van der Waals surface area (Å²) in [5.41, 5.74) is 1.90. The lowest BCUT2D eigenvalue weighted by Crippen LogP contribution is -2.34. The molecule has 0 bridgehead atoms. The standard InChI is InChI=1S/C21H21N3O5S/c1-3-29-19-13(5-4-6-16(19)28-2)7-8-18(25)23-20-15(11-22)14-9-10-24(21(26)27)12-17(14)30-20/h4-8H,3,9-10,12H2,1-2H3,(H,23,25)(H,26,27). The molecule has 0 saturated carbocycles. The predicted octanol–water partition coefficient (Wildman–Crippen LogP) is 3.72. The topological polar surface area (TPSA) is 112 Å². The van der Waals surface area contributed by atoms with Crippen LogP contribution in [0.3, 0.4) is 0 Å². The molecule has 0 atom stereocenters. The minimum Gasteiger partial charge on any atom is -0.493 e. The maximum absolute atomic E-state index is 12.5. The van der Waals surface area contributed by atoms with Crippen molar-refractivity contribution in [3.05, 3.63) is 45.8 Å². The number of hydrogen-bond acceptors (Lipinski definition) is 6. The molecule has 1 aromatic carbocycles. The molecule has 156 valence electrons. The highest BCUT2D eigenvalue weighted by Gasteiger charge is 2.27. The number of anilines is 1. The third-order valence-electron chi connectivity index (χ3n) is 4.61. The fourth-order valence-electron chi connectivity index (χ4n) is 3.22. The highest BCUT2D eigenvalue weighted by atomic mass is 32.1. The maximum atomic E-state index is 12.5. The summed E-state index contributed by atoms with van der Waals surface area (Å²) in [4.78, 5) is 25.8. The Hall–Kier alpha value is -3.51. The van der Waals surface area contributed by atoms with E-state index in [0.717, 1.165) is 10.4 Å². The van der Waals surface area contributed by atoms with E-state index in [1.165, 1.54) is 22.3 Å². The number of thiophene rings is 1. The van der Waals surface area contributed by atoms with Gasteiger partial charge in [0, 0.05) is 23.1 Å². The van der Waals surface area contributed by atoms with Crippen LogP contribution in [-0.2, 0) is 17.8 Å². The van der Waals surface area contributed by atoms with Gasteiger partial charge in [0.25, 0.3) is 0 Å². The smallest absolute Gasteiger partial charge is 0.407 e. The van der Waals surface area contributed by atoms with Crippen LogP contribution in [0.5, 0.6) is 11.5 Å². The first kappa shape index (κ1) is 21.2. The number of ether oxygens (including phenoxy) is 2. The lowest BCUT2D eigenvalue weighted by molar-refractivity contribution is -0.111. The van der Waals surface area contributed by atoms with E-state index in [9.17, 15) is 20.0 Å². The second-order valence-electron chi connectivity index (χ2n) is 6.41. The minimum absolute atomic E-state index is 0.219. The van der Waals surface area contributed by atoms with Crippen molar-refractivity contribution in [1.29, 1.82) is 5.26 Å². The van der Waals surface area contributed by atoms with Crippen LogP contribution in [-0.4, -0.2) is 42.3 Å². The number of fused-ring (bicyclic) bond motifs is 1. The quantitative estimate of drug-likeness (QED) is 0.680. The number of methoxy groups -OCH3 is 1. The third kappa shape index (κ3) is 4.39. The molecule has 1 aliphatic heterocycles. The summed E-state index contributed by atoms with van der Waals surface area (Å²) >= 11 is 1.24. The van der Waals surface area contributed by atoms with Gasteiger partial charge in [-0.1, -0.05) is 12.1 Å². The van der Waals surface area contributed by atoms with E-state index in [1.54, 1.807) is 25.3 Å². The van der Waals surface area contributed by atoms with Crippen molar-refractivity contribution < 1.29 is 24.2 Å². The van der Waals surface area contributed by atoms with E-state index in [0.29, 0.717) is 47.2 Å². The van der Waals surface area contributed by atoms with Gasteiger partial charge in [-0.05, 0) is 31.1 Å². The van der Waals surface area contributed by atoms with Crippen molar-refractivity contribution in [2.45, 2.75) is 19.9 Å². The number of nitrogens with zero attached hydrogens (tertiary/aromatic N) is 2. The average Bonchev–Trinajstić information content (AvgIpc) is 3.08. The summed E-state index contributed by atoms with van der Waals surface area (Å²) in [6, 6.07) is 7.52. The molecule has 2 amide bonds. The van der Waals surface area contributed by atoms with Crippen LogP contribution < -0.4 is 14.8 Å². The molecule has 1 aliphatic rings. The normalized spacial score (nSPS) is 12.9. The van der Waals surface area contributed by atoms with Crippen molar-refractivity contribution in [2.75, 3.05) is 25.6 Å². The number of nitrogens with one attached hydrogen (secondary N) is 1. The molecule has 2 aromatic rings. The Kier molecular flexibility index (Phi) is 6.59. The highest BCUT2D eigenvalue weighted by molar-refractivity contribution is 7.16. The molecule has 30 heavy (non-hydrogen) atoms. The van der Waals surface area contributed by atoms with E-state index in [1.807, 2.05) is 13.0 Å². The number of hydrogen-bond donors (Lipinski definition) is 2. The first-order valence-electron chi connectivity index (χ1n) is 9.29. The molecule has 0 aliphatic carbocycles. The zero-order chi connectivity index (χ0) is 21.7. The Bertz CT molecular complexity index is 1040. The van der Waals surface area contributed by atoms with Crippen molar-refractivity contribution in [3.8, 4) is 17.6 Å². The average molecular weight is 427 g/mol. The van der Waals surface area contributed by atoms with E-state index in [2.05, 4.69) is 11.4 Å². The number of carboxylic acid groups (broad SMARTS) is 1. The lowest BCUT2D eigenvalue weighted by atomic mass is 10.0. The van der Waals surface area contributed by atoms with Gasteiger partial charge in [0.2, 0.25) is 5.91 Å². The van der Waals surface area contributed by atoms with Gasteiger partial charge < -0.3 is 24.8 Å². The molecule has 3 rings (SSSR count). The largest absolute Gasteiger partial charge is 0.493 e. The summed E-state index contributed by atoms with van der Waals surface area (Å²) in [5, 5.41) is 21.9. The number of para-hydroxylation sites is 1. The summed E-state index contributed by atoms with van der Waals surface area (Å²) in [7, 11) is 1.55. The number of nitriles is 1. The van der Waals surface area contributed by atoms with Gasteiger partial charge in [0.15, 0.2) is 11.5 Å². The fraction of sp³-hybridized carbons (Fsp3) is 0.286. The molecule has 8 nitrogen and oxygen atoms in total. The molecular weight excluding hydrogens is 406 g/mol. The van der Waals surface area contributed by atoms with Crippen molar-refractivity contribution in [1.82, 2.24) is 4.90 Å². The third-order valence-corrected chi connectivity index (χ3v) is 5.74. The highest BCUT2D eigenvalue weighted by Crippen LogP contribution is 2.37. The number of carbonyl (C=O) groups excluding carboxylic acids is 1. The first-order chi connectivity index (χ1) is 14.5. The van der Waals surface area contributed by atoms with E-state index in [-0.39, 0.29) is 6.54 Å². The molecular formula is C21H21N3O5S. The van der Waals surface area contributed by atoms with Crippen LogP contribution in [0, 0.1) is 11.3 Å². The van der Waals surface area contributed by atoms with Crippen LogP contribution in [0.1, 0.15) is 28.5 Å². The van der Waals surface area contributed by atoms with E-state index < -0.39 is 12.0 Å². The monoisotopic (exact) mass is 427 g/mol. The fourth-order valence-corrected chi connectivity index (χ4v) is 4.43. The molecule has 0 fully saturated rings. The number of rotatable bonds is 6. The van der Waals surface area contributed by atoms with Crippen LogP contribution in [0.4, 0.5) is 9.80 Å². The molecule has 9 heteroatoms. The summed E-state index contributed by atoms with van der Waals surface area (Å²) < 4.78 is 10.9. The van der Waals surface area contributed by atoms with Crippen LogP contribution in [0.2, 0.25) is 0 Å². The number of benzene rings is 1. The Morgan fingerprint density at radius 1 is 1.43 bits per heavy atom. The van der Waals surface area contributed by atoms with Gasteiger partial charge in [0.1, 0.15) is 11.1 Å². The lowest BCUT2D eigenvalue weighted by Gasteiger charge is -2.23.